The zero-order valence-electron chi connectivity index (χ0n) is 14.7. The van der Waals surface area contributed by atoms with Gasteiger partial charge in [0, 0.05) is 3.92 Å². The Morgan fingerprint density at radius 1 is 1.00 bits per heavy atom. The summed E-state index contributed by atoms with van der Waals surface area (Å²) in [4.78, 5) is 11.0. The van der Waals surface area contributed by atoms with E-state index in [0.29, 0.717) is 5.41 Å². The minimum Gasteiger partial charge on any atom is -0.151 e. The first-order valence-corrected chi connectivity index (χ1v) is 11.3. The molecule has 2 nitrogen and oxygen atoms in total. The summed E-state index contributed by atoms with van der Waals surface area (Å²) in [6, 6.07) is 0.136. The van der Waals surface area contributed by atoms with Gasteiger partial charge in [-0.05, 0) is 98.7 Å². The van der Waals surface area contributed by atoms with Crippen molar-refractivity contribution in [3.05, 3.63) is 4.91 Å². The lowest BCUT2D eigenvalue weighted by Gasteiger charge is -2.56. The normalized spacial score (nSPS) is 53.8. The summed E-state index contributed by atoms with van der Waals surface area (Å²) >= 11 is 2.69. The molecule has 6 unspecified atom stereocenters. The van der Waals surface area contributed by atoms with Crippen molar-refractivity contribution in [2.75, 3.05) is 0 Å². The predicted octanol–water partition coefficient (Wildman–Crippen LogP) is 6.21. The highest BCUT2D eigenvalue weighted by atomic mass is 127. The number of fused-ring (bicyclic) bond motifs is 5. The molecular formula is C20H32INO. The Kier molecular flexibility index (Phi) is 4.56. The van der Waals surface area contributed by atoms with Gasteiger partial charge in [0.2, 0.25) is 0 Å². The fourth-order valence-electron chi connectivity index (χ4n) is 7.72. The Hall–Kier alpha value is 0.330. The number of rotatable bonds is 2. The van der Waals surface area contributed by atoms with E-state index in [1.165, 1.54) is 44.9 Å². The zero-order valence-corrected chi connectivity index (χ0v) is 16.9. The number of alkyl halides is 1. The van der Waals surface area contributed by atoms with Crippen LogP contribution < -0.4 is 0 Å². The molecule has 23 heavy (non-hydrogen) atoms. The average molecular weight is 429 g/mol. The van der Waals surface area contributed by atoms with E-state index in [1.54, 1.807) is 0 Å². The Labute approximate surface area is 155 Å². The zero-order chi connectivity index (χ0) is 16.2. The van der Waals surface area contributed by atoms with Crippen LogP contribution in [0, 0.1) is 45.8 Å². The third-order valence-corrected chi connectivity index (χ3v) is 9.57. The van der Waals surface area contributed by atoms with Crippen LogP contribution in [-0.4, -0.2) is 9.97 Å². The molecule has 9 atom stereocenters. The monoisotopic (exact) mass is 429 g/mol. The molecule has 0 amide bonds. The molecule has 4 aliphatic rings. The van der Waals surface area contributed by atoms with Crippen molar-refractivity contribution in [3.8, 4) is 0 Å². The lowest BCUT2D eigenvalue weighted by Crippen LogP contribution is -2.49. The summed E-state index contributed by atoms with van der Waals surface area (Å²) in [5, 5.41) is 3.39. The van der Waals surface area contributed by atoms with E-state index in [4.69, 9.17) is 0 Å². The van der Waals surface area contributed by atoms with Gasteiger partial charge in [0.25, 0.3) is 0 Å². The molecule has 3 heteroatoms. The van der Waals surface area contributed by atoms with Crippen LogP contribution >= 0.6 is 22.6 Å². The number of hydrogen-bond donors (Lipinski definition) is 0. The molecule has 4 aliphatic carbocycles. The van der Waals surface area contributed by atoms with E-state index in [0.717, 1.165) is 52.3 Å². The van der Waals surface area contributed by atoms with Crippen LogP contribution in [0.1, 0.15) is 71.6 Å². The lowest BCUT2D eigenvalue weighted by molar-refractivity contribution is -0.0629. The van der Waals surface area contributed by atoms with E-state index in [-0.39, 0.29) is 6.04 Å². The van der Waals surface area contributed by atoms with E-state index in [2.05, 4.69) is 41.6 Å². The van der Waals surface area contributed by atoms with Crippen LogP contribution in [0.2, 0.25) is 0 Å². The lowest BCUT2D eigenvalue weighted by atomic mass is 9.49. The highest BCUT2D eigenvalue weighted by Crippen LogP contribution is 2.65. The fourth-order valence-corrected chi connectivity index (χ4v) is 8.90. The van der Waals surface area contributed by atoms with Gasteiger partial charge in [0.15, 0.2) is 0 Å². The highest BCUT2D eigenvalue weighted by Gasteiger charge is 2.57. The van der Waals surface area contributed by atoms with Crippen molar-refractivity contribution in [2.45, 2.75) is 81.6 Å². The van der Waals surface area contributed by atoms with Gasteiger partial charge in [-0.2, -0.15) is 4.91 Å². The summed E-state index contributed by atoms with van der Waals surface area (Å²) in [6.45, 7) is 5.08. The first kappa shape index (κ1) is 16.8. The van der Waals surface area contributed by atoms with Crippen molar-refractivity contribution in [1.29, 1.82) is 0 Å². The maximum Gasteiger partial charge on any atom is 0.0922 e. The highest BCUT2D eigenvalue weighted by molar-refractivity contribution is 14.1. The standard InChI is InChI=1S/C20H32INO/c1-12(21)18-7-8-19-17-5-3-13-11-14(22-23)4-6-15(13)16(17)9-10-20(18,19)2/h12-19H,3-11H2,1-2H3/t12-,13?,14?,15?,16?,17?,18+,19?,20+/m0/s1. The molecule has 0 spiro atoms. The third-order valence-electron chi connectivity index (χ3n) is 8.70. The molecule has 0 aromatic heterocycles. The molecule has 0 saturated heterocycles. The Morgan fingerprint density at radius 3 is 2.52 bits per heavy atom. The minimum atomic E-state index is 0.136. The largest absolute Gasteiger partial charge is 0.151 e. The summed E-state index contributed by atoms with van der Waals surface area (Å²) in [7, 11) is 0. The van der Waals surface area contributed by atoms with Crippen molar-refractivity contribution >= 4 is 22.6 Å². The fraction of sp³-hybridized carbons (Fsp3) is 1.00. The predicted molar refractivity (Wildman–Crippen MR) is 104 cm³/mol. The van der Waals surface area contributed by atoms with Gasteiger partial charge in [0.1, 0.15) is 0 Å². The first-order chi connectivity index (χ1) is 11.0. The second kappa shape index (κ2) is 6.25. The van der Waals surface area contributed by atoms with Crippen LogP contribution in [0.15, 0.2) is 5.18 Å². The molecule has 4 saturated carbocycles. The minimum absolute atomic E-state index is 0.136. The first-order valence-electron chi connectivity index (χ1n) is 10.0. The SMILES string of the molecule is C[C@H](I)[C@H]1CCC2C3CCC4CC(N=O)CCC4C3CC[C@@]21C. The quantitative estimate of drug-likeness (QED) is 0.291. The van der Waals surface area contributed by atoms with E-state index < -0.39 is 0 Å². The number of hydrogen-bond acceptors (Lipinski definition) is 2. The molecule has 0 bridgehead atoms. The number of nitroso groups, excluding NO2 is 1. The molecule has 4 rings (SSSR count). The second-order valence-electron chi connectivity index (χ2n) is 9.41. The maximum atomic E-state index is 11.0. The summed E-state index contributed by atoms with van der Waals surface area (Å²) in [5.41, 5.74) is 0.621. The third kappa shape index (κ3) is 2.62. The maximum absolute atomic E-state index is 11.0. The van der Waals surface area contributed by atoms with Gasteiger partial charge in [-0.1, -0.05) is 41.6 Å². The molecule has 0 aromatic rings. The molecule has 0 aromatic carbocycles. The van der Waals surface area contributed by atoms with E-state index >= 15 is 0 Å². The van der Waals surface area contributed by atoms with Crippen LogP contribution in [0.3, 0.4) is 0 Å². The van der Waals surface area contributed by atoms with E-state index in [1.807, 2.05) is 0 Å². The van der Waals surface area contributed by atoms with Crippen molar-refractivity contribution in [2.24, 2.45) is 46.1 Å². The Balaban J connectivity index is 1.53. The smallest absolute Gasteiger partial charge is 0.0922 e. The van der Waals surface area contributed by atoms with Gasteiger partial charge in [-0.3, -0.25) is 0 Å². The van der Waals surface area contributed by atoms with Crippen LogP contribution in [0.25, 0.3) is 0 Å². The van der Waals surface area contributed by atoms with Gasteiger partial charge >= 0.3 is 0 Å². The summed E-state index contributed by atoms with van der Waals surface area (Å²) in [6.07, 6.45) is 12.2. The molecule has 0 N–H and O–H groups in total. The van der Waals surface area contributed by atoms with Crippen LogP contribution in [0.4, 0.5) is 0 Å². The molecule has 4 fully saturated rings. The number of halogens is 1. The van der Waals surface area contributed by atoms with Crippen molar-refractivity contribution < 1.29 is 0 Å². The van der Waals surface area contributed by atoms with Crippen LogP contribution in [-0.2, 0) is 0 Å². The van der Waals surface area contributed by atoms with Gasteiger partial charge in [-0.25, -0.2) is 0 Å². The van der Waals surface area contributed by atoms with E-state index in [9.17, 15) is 4.91 Å². The topological polar surface area (TPSA) is 29.4 Å². The van der Waals surface area contributed by atoms with Gasteiger partial charge < -0.3 is 0 Å². The average Bonchev–Trinajstić information content (AvgIpc) is 2.91. The Bertz CT molecular complexity index is 467. The second-order valence-corrected chi connectivity index (χ2v) is 11.4. The molecule has 0 radical (unpaired) electrons. The molecule has 0 heterocycles. The molecule has 130 valence electrons. The van der Waals surface area contributed by atoms with Crippen molar-refractivity contribution in [1.82, 2.24) is 0 Å². The summed E-state index contributed by atoms with van der Waals surface area (Å²) < 4.78 is 0.824. The Morgan fingerprint density at radius 2 is 1.78 bits per heavy atom. The molecule has 0 aliphatic heterocycles. The van der Waals surface area contributed by atoms with Crippen molar-refractivity contribution in [3.63, 3.8) is 0 Å². The van der Waals surface area contributed by atoms with Gasteiger partial charge in [-0.15, -0.1) is 0 Å². The number of nitrogens with zero attached hydrogens (tertiary/aromatic N) is 1. The van der Waals surface area contributed by atoms with Crippen LogP contribution in [0.5, 0.6) is 0 Å². The molecular weight excluding hydrogens is 397 g/mol. The summed E-state index contributed by atoms with van der Waals surface area (Å²) in [5.74, 6) is 5.65. The van der Waals surface area contributed by atoms with Gasteiger partial charge in [0.05, 0.1) is 6.04 Å².